The maximum absolute atomic E-state index is 12.5. The van der Waals surface area contributed by atoms with E-state index in [-0.39, 0.29) is 10.7 Å². The molecule has 0 aliphatic rings. The fourth-order valence-corrected chi connectivity index (χ4v) is 2.33. The highest BCUT2D eigenvalue weighted by molar-refractivity contribution is 7.80. The van der Waals surface area contributed by atoms with Crippen LogP contribution in [0, 0.1) is 0 Å². The molecule has 12 heteroatoms. The van der Waals surface area contributed by atoms with E-state index in [1.54, 1.807) is 24.3 Å². The van der Waals surface area contributed by atoms with Crippen molar-refractivity contribution < 1.29 is 9.53 Å². The molecule has 3 N–H and O–H groups in total. The Hall–Kier alpha value is -1.81. The third kappa shape index (κ3) is 5.60. The van der Waals surface area contributed by atoms with Crippen LogP contribution in [0.15, 0.2) is 36.9 Å². The zero-order valence-electron chi connectivity index (χ0n) is 12.7. The Morgan fingerprint density at radius 3 is 2.48 bits per heavy atom. The maximum atomic E-state index is 12.5. The number of rotatable bonds is 5. The summed E-state index contributed by atoms with van der Waals surface area (Å²) in [5.74, 6) is -0.123. The van der Waals surface area contributed by atoms with Crippen LogP contribution in [0.2, 0.25) is 0 Å². The summed E-state index contributed by atoms with van der Waals surface area (Å²) in [7, 11) is 1.45. The highest BCUT2D eigenvalue weighted by Crippen LogP contribution is 2.29. The first kappa shape index (κ1) is 19.5. The molecule has 0 unspecified atom stereocenters. The van der Waals surface area contributed by atoms with Crippen LogP contribution in [0.25, 0.3) is 0 Å². The summed E-state index contributed by atoms with van der Waals surface area (Å²) in [6, 6.07) is 6.65. The second-order valence-electron chi connectivity index (χ2n) is 4.60. The molecule has 0 saturated heterocycles. The molecule has 0 bridgehead atoms. The molecule has 134 valence electrons. The number of benzene rings is 1. The molecule has 2 aromatic rings. The van der Waals surface area contributed by atoms with Gasteiger partial charge in [0.1, 0.15) is 24.6 Å². The van der Waals surface area contributed by atoms with Gasteiger partial charge in [-0.15, -0.1) is 10.2 Å². The standard InChI is InChI=1S/C13H13Cl3N6O2S/c1-24-9-5-3-2-4-8(9)10(23)19-11(13(14,15)16)20-12(25)21-22-6-17-18-7-22/h2-7,11H,1H3,(H,19,23)(H2,20,21,25)/t11-/m1/s1. The van der Waals surface area contributed by atoms with Crippen LogP contribution in [-0.4, -0.2) is 43.0 Å². The van der Waals surface area contributed by atoms with Gasteiger partial charge >= 0.3 is 0 Å². The molecule has 0 aliphatic heterocycles. The van der Waals surface area contributed by atoms with Gasteiger partial charge in [-0.05, 0) is 24.4 Å². The van der Waals surface area contributed by atoms with E-state index in [9.17, 15) is 4.79 Å². The molecule has 0 radical (unpaired) electrons. The molecule has 0 fully saturated rings. The van der Waals surface area contributed by atoms with Crippen molar-refractivity contribution in [2.24, 2.45) is 0 Å². The number of para-hydroxylation sites is 1. The summed E-state index contributed by atoms with van der Waals surface area (Å²) < 4.78 is 4.65. The van der Waals surface area contributed by atoms with Gasteiger partial charge in [0.2, 0.25) is 3.79 Å². The number of halogens is 3. The Labute approximate surface area is 163 Å². The van der Waals surface area contributed by atoms with Gasteiger partial charge in [-0.3, -0.25) is 10.2 Å². The molecule has 8 nitrogen and oxygen atoms in total. The van der Waals surface area contributed by atoms with Crippen molar-refractivity contribution in [3.63, 3.8) is 0 Å². The molecule has 25 heavy (non-hydrogen) atoms. The van der Waals surface area contributed by atoms with Gasteiger partial charge in [0.25, 0.3) is 5.91 Å². The van der Waals surface area contributed by atoms with E-state index in [1.807, 2.05) is 0 Å². The van der Waals surface area contributed by atoms with E-state index >= 15 is 0 Å². The second kappa shape index (κ2) is 8.52. The summed E-state index contributed by atoms with van der Waals surface area (Å²) in [6.45, 7) is 0. The Morgan fingerprint density at radius 2 is 1.88 bits per heavy atom. The van der Waals surface area contributed by atoms with Crippen molar-refractivity contribution in [3.05, 3.63) is 42.5 Å². The third-order valence-electron chi connectivity index (χ3n) is 2.88. The van der Waals surface area contributed by atoms with E-state index in [0.29, 0.717) is 5.75 Å². The monoisotopic (exact) mass is 422 g/mol. The quantitative estimate of drug-likeness (QED) is 0.384. The Kier molecular flexibility index (Phi) is 6.65. The zero-order chi connectivity index (χ0) is 18.4. The van der Waals surface area contributed by atoms with Crippen molar-refractivity contribution in [3.8, 4) is 5.75 Å². The van der Waals surface area contributed by atoms with Gasteiger partial charge < -0.3 is 15.4 Å². The summed E-state index contributed by atoms with van der Waals surface area (Å²) >= 11 is 22.9. The molecule has 0 aliphatic carbocycles. The predicted octanol–water partition coefficient (Wildman–Crippen LogP) is 1.83. The van der Waals surface area contributed by atoms with Crippen LogP contribution in [0.5, 0.6) is 5.75 Å². The molecular weight excluding hydrogens is 411 g/mol. The van der Waals surface area contributed by atoms with Gasteiger partial charge in [-0.25, -0.2) is 4.68 Å². The van der Waals surface area contributed by atoms with Gasteiger partial charge in [-0.1, -0.05) is 46.9 Å². The van der Waals surface area contributed by atoms with Crippen molar-refractivity contribution in [2.45, 2.75) is 9.96 Å². The summed E-state index contributed by atoms with van der Waals surface area (Å²) in [6.07, 6.45) is 1.64. The number of carbonyl (C=O) groups is 1. The lowest BCUT2D eigenvalue weighted by Crippen LogP contribution is -2.56. The van der Waals surface area contributed by atoms with Crippen LogP contribution in [0.1, 0.15) is 10.4 Å². The summed E-state index contributed by atoms with van der Waals surface area (Å²) in [4.78, 5) is 12.5. The number of hydrogen-bond donors (Lipinski definition) is 3. The number of methoxy groups -OCH3 is 1. The number of nitrogens with one attached hydrogen (secondary N) is 3. The molecule has 1 aromatic carbocycles. The van der Waals surface area contributed by atoms with Crippen LogP contribution in [0.4, 0.5) is 0 Å². The van der Waals surface area contributed by atoms with Crippen LogP contribution >= 0.6 is 47.0 Å². The first-order valence-corrected chi connectivity index (χ1v) is 8.28. The second-order valence-corrected chi connectivity index (χ2v) is 7.38. The number of alkyl halides is 3. The summed E-state index contributed by atoms with van der Waals surface area (Å²) in [5.41, 5.74) is 3.00. The number of hydrogen-bond acceptors (Lipinski definition) is 5. The lowest BCUT2D eigenvalue weighted by molar-refractivity contribution is 0.0931. The van der Waals surface area contributed by atoms with Crippen molar-refractivity contribution in [1.29, 1.82) is 0 Å². The number of amides is 1. The van der Waals surface area contributed by atoms with Crippen LogP contribution in [0.3, 0.4) is 0 Å². The lowest BCUT2D eigenvalue weighted by Gasteiger charge is -2.28. The number of nitrogens with zero attached hydrogens (tertiary/aromatic N) is 3. The highest BCUT2D eigenvalue weighted by Gasteiger charge is 2.35. The van der Waals surface area contributed by atoms with Gasteiger partial charge in [0.05, 0.1) is 12.7 Å². The minimum Gasteiger partial charge on any atom is -0.496 e. The van der Waals surface area contributed by atoms with E-state index in [2.05, 4.69) is 26.3 Å². The fraction of sp³-hybridized carbons (Fsp3) is 0.231. The van der Waals surface area contributed by atoms with Crippen molar-refractivity contribution in [1.82, 2.24) is 25.5 Å². The molecule has 2 rings (SSSR count). The van der Waals surface area contributed by atoms with Gasteiger partial charge in [0, 0.05) is 0 Å². The average Bonchev–Trinajstić information content (AvgIpc) is 3.06. The van der Waals surface area contributed by atoms with E-state index in [1.165, 1.54) is 24.4 Å². The molecular formula is C13H13Cl3N6O2S. The van der Waals surface area contributed by atoms with Gasteiger partial charge in [0.15, 0.2) is 5.11 Å². The molecule has 1 heterocycles. The first-order chi connectivity index (χ1) is 11.8. The molecule has 1 amide bonds. The molecule has 1 aromatic heterocycles. The lowest BCUT2D eigenvalue weighted by atomic mass is 10.2. The van der Waals surface area contributed by atoms with Crippen LogP contribution < -0.4 is 20.8 Å². The molecule has 1 atom stereocenters. The average molecular weight is 424 g/mol. The normalized spacial score (nSPS) is 12.2. The Balaban J connectivity index is 2.09. The molecule has 0 spiro atoms. The smallest absolute Gasteiger partial charge is 0.256 e. The van der Waals surface area contributed by atoms with E-state index < -0.39 is 15.9 Å². The predicted molar refractivity (Wildman–Crippen MR) is 99.7 cm³/mol. The van der Waals surface area contributed by atoms with Crippen molar-refractivity contribution >= 4 is 58.0 Å². The van der Waals surface area contributed by atoms with Gasteiger partial charge in [-0.2, -0.15) is 0 Å². The largest absolute Gasteiger partial charge is 0.496 e. The number of aromatic nitrogens is 3. The van der Waals surface area contributed by atoms with E-state index in [0.717, 1.165) is 0 Å². The summed E-state index contributed by atoms with van der Waals surface area (Å²) in [5, 5.41) is 12.6. The zero-order valence-corrected chi connectivity index (χ0v) is 15.8. The Morgan fingerprint density at radius 1 is 1.24 bits per heavy atom. The minimum atomic E-state index is -1.88. The fourth-order valence-electron chi connectivity index (χ4n) is 1.78. The topological polar surface area (TPSA) is 93.1 Å². The minimum absolute atomic E-state index is 0.0800. The van der Waals surface area contributed by atoms with Crippen LogP contribution in [-0.2, 0) is 0 Å². The highest BCUT2D eigenvalue weighted by atomic mass is 35.6. The Bertz CT molecular complexity index is 738. The SMILES string of the molecule is COc1ccccc1C(=O)N[C@H](NC(=S)Nn1cnnc1)C(Cl)(Cl)Cl. The molecule has 0 saturated carbocycles. The maximum Gasteiger partial charge on any atom is 0.256 e. The van der Waals surface area contributed by atoms with Crippen molar-refractivity contribution in [2.75, 3.05) is 12.5 Å². The number of ether oxygens (including phenoxy) is 1. The number of thiocarbonyl (C=S) groups is 1. The third-order valence-corrected chi connectivity index (χ3v) is 3.74. The first-order valence-electron chi connectivity index (χ1n) is 6.74. The van der Waals surface area contributed by atoms with E-state index in [4.69, 9.17) is 51.8 Å². The number of carbonyl (C=O) groups excluding carboxylic acids is 1.